The van der Waals surface area contributed by atoms with Crippen molar-refractivity contribution < 1.29 is 5.11 Å². The van der Waals surface area contributed by atoms with Crippen molar-refractivity contribution in [2.75, 3.05) is 17.6 Å². The fraction of sp³-hybridized carbons (Fsp3) is 0.143. The van der Waals surface area contributed by atoms with Gasteiger partial charge in [-0.15, -0.1) is 0 Å². The van der Waals surface area contributed by atoms with E-state index in [0.29, 0.717) is 23.6 Å². The van der Waals surface area contributed by atoms with Gasteiger partial charge in [0, 0.05) is 12.7 Å². The van der Waals surface area contributed by atoms with Crippen LogP contribution in [0.1, 0.15) is 11.1 Å². The highest BCUT2D eigenvalue weighted by molar-refractivity contribution is 5.68. The zero-order valence-electron chi connectivity index (χ0n) is 10.3. The van der Waals surface area contributed by atoms with Crippen LogP contribution in [-0.4, -0.2) is 16.6 Å². The van der Waals surface area contributed by atoms with Crippen LogP contribution in [0.2, 0.25) is 0 Å². The molecule has 19 heavy (non-hydrogen) atoms. The zero-order chi connectivity index (χ0) is 13.7. The van der Waals surface area contributed by atoms with Gasteiger partial charge in [-0.1, -0.05) is 12.1 Å². The lowest BCUT2D eigenvalue weighted by Crippen LogP contribution is -2.09. The fourth-order valence-electron chi connectivity index (χ4n) is 1.70. The first-order valence-corrected chi connectivity index (χ1v) is 5.87. The summed E-state index contributed by atoms with van der Waals surface area (Å²) in [6, 6.07) is 10.6. The number of anilines is 2. The summed E-state index contributed by atoms with van der Waals surface area (Å²) in [6.07, 6.45) is 2.33. The number of hydrogen-bond donors (Lipinski definition) is 3. The van der Waals surface area contributed by atoms with E-state index in [1.807, 2.05) is 18.2 Å². The second-order valence-electron chi connectivity index (χ2n) is 4.08. The number of nitrogens with two attached hydrogens (primary N) is 1. The Balaban J connectivity index is 1.96. The van der Waals surface area contributed by atoms with Gasteiger partial charge in [-0.2, -0.15) is 5.26 Å². The van der Waals surface area contributed by atoms with Crippen molar-refractivity contribution in [3.05, 3.63) is 47.7 Å². The molecule has 0 spiro atoms. The van der Waals surface area contributed by atoms with Crippen molar-refractivity contribution >= 4 is 11.5 Å². The van der Waals surface area contributed by atoms with Crippen LogP contribution in [0.3, 0.4) is 0 Å². The van der Waals surface area contributed by atoms with E-state index in [0.717, 1.165) is 12.0 Å². The molecule has 0 unspecified atom stereocenters. The van der Waals surface area contributed by atoms with Crippen molar-refractivity contribution in [2.24, 2.45) is 0 Å². The largest absolute Gasteiger partial charge is 0.508 e. The number of aromatic hydroxyl groups is 1. The molecule has 0 aliphatic rings. The number of hydrogen-bond acceptors (Lipinski definition) is 5. The third kappa shape index (κ3) is 3.13. The van der Waals surface area contributed by atoms with E-state index in [1.54, 1.807) is 24.4 Å². The topological polar surface area (TPSA) is 95.0 Å². The summed E-state index contributed by atoms with van der Waals surface area (Å²) in [6.45, 7) is 0.650. The van der Waals surface area contributed by atoms with Crippen LogP contribution in [0.15, 0.2) is 36.5 Å². The van der Waals surface area contributed by atoms with Gasteiger partial charge in [-0.25, -0.2) is 4.98 Å². The molecule has 5 nitrogen and oxygen atoms in total. The van der Waals surface area contributed by atoms with Gasteiger partial charge in [0.25, 0.3) is 0 Å². The average molecular weight is 254 g/mol. The van der Waals surface area contributed by atoms with Crippen LogP contribution < -0.4 is 11.1 Å². The number of nitrogen functional groups attached to an aromatic ring is 1. The van der Waals surface area contributed by atoms with Crippen molar-refractivity contribution in [2.45, 2.75) is 6.42 Å². The van der Waals surface area contributed by atoms with Crippen LogP contribution in [0.5, 0.6) is 5.75 Å². The third-order valence-electron chi connectivity index (χ3n) is 2.75. The molecule has 1 heterocycles. The van der Waals surface area contributed by atoms with Crippen LogP contribution in [0.25, 0.3) is 0 Å². The lowest BCUT2D eigenvalue weighted by molar-refractivity contribution is 0.475. The zero-order valence-corrected chi connectivity index (χ0v) is 10.3. The van der Waals surface area contributed by atoms with Gasteiger partial charge in [0.2, 0.25) is 0 Å². The molecule has 96 valence electrons. The number of phenols is 1. The summed E-state index contributed by atoms with van der Waals surface area (Å²) in [7, 11) is 0. The summed E-state index contributed by atoms with van der Waals surface area (Å²) < 4.78 is 0. The minimum Gasteiger partial charge on any atom is -0.508 e. The van der Waals surface area contributed by atoms with Crippen molar-refractivity contribution in [3.8, 4) is 11.8 Å². The normalized spacial score (nSPS) is 9.84. The summed E-state index contributed by atoms with van der Waals surface area (Å²) in [5.74, 6) is 0.780. The van der Waals surface area contributed by atoms with E-state index < -0.39 is 0 Å². The predicted octanol–water partition coefficient (Wildman–Crippen LogP) is 1.90. The number of nitrogens with one attached hydrogen (secondary N) is 1. The molecule has 0 aliphatic heterocycles. The molecule has 4 N–H and O–H groups in total. The second-order valence-corrected chi connectivity index (χ2v) is 4.08. The number of rotatable bonds is 4. The van der Waals surface area contributed by atoms with Crippen LogP contribution >= 0.6 is 0 Å². The second kappa shape index (κ2) is 5.74. The molecule has 2 rings (SSSR count). The molecule has 0 fully saturated rings. The lowest BCUT2D eigenvalue weighted by atomic mass is 10.1. The number of benzene rings is 1. The van der Waals surface area contributed by atoms with E-state index in [2.05, 4.69) is 10.3 Å². The van der Waals surface area contributed by atoms with Crippen LogP contribution in [-0.2, 0) is 6.42 Å². The molecule has 1 aromatic carbocycles. The molecule has 2 aromatic rings. The SMILES string of the molecule is N#Cc1ccnc(NCCc2ccc(O)cc2)c1N. The highest BCUT2D eigenvalue weighted by atomic mass is 16.3. The Hall–Kier alpha value is -2.74. The lowest BCUT2D eigenvalue weighted by Gasteiger charge is -2.09. The average Bonchev–Trinajstić information content (AvgIpc) is 2.43. The molecule has 5 heteroatoms. The van der Waals surface area contributed by atoms with Crippen LogP contribution in [0, 0.1) is 11.3 Å². The Bertz CT molecular complexity index is 602. The highest BCUT2D eigenvalue weighted by Crippen LogP contribution is 2.19. The van der Waals surface area contributed by atoms with Gasteiger partial charge < -0.3 is 16.2 Å². The van der Waals surface area contributed by atoms with Crippen molar-refractivity contribution in [1.82, 2.24) is 4.98 Å². The number of nitrogens with zero attached hydrogens (tertiary/aromatic N) is 2. The number of nitriles is 1. The summed E-state index contributed by atoms with van der Waals surface area (Å²) >= 11 is 0. The number of aromatic nitrogens is 1. The molecular weight excluding hydrogens is 240 g/mol. The Morgan fingerprint density at radius 2 is 2.00 bits per heavy atom. The maximum absolute atomic E-state index is 9.18. The number of phenolic OH excluding ortho intramolecular Hbond substituents is 1. The molecule has 0 saturated heterocycles. The number of pyridine rings is 1. The van der Waals surface area contributed by atoms with Crippen LogP contribution in [0.4, 0.5) is 11.5 Å². The molecule has 0 saturated carbocycles. The standard InChI is InChI=1S/C14H14N4O/c15-9-11-6-8-18-14(13(11)16)17-7-5-10-1-3-12(19)4-2-10/h1-4,6,8,19H,5,7,16H2,(H,17,18). The van der Waals surface area contributed by atoms with Gasteiger partial charge >= 0.3 is 0 Å². The van der Waals surface area contributed by atoms with E-state index in [4.69, 9.17) is 11.0 Å². The summed E-state index contributed by atoms with van der Waals surface area (Å²) in [5, 5.41) is 21.1. The van der Waals surface area contributed by atoms with E-state index >= 15 is 0 Å². The molecule has 1 aromatic heterocycles. The Morgan fingerprint density at radius 1 is 1.26 bits per heavy atom. The molecule has 0 amide bonds. The van der Waals surface area contributed by atoms with E-state index in [-0.39, 0.29) is 5.75 Å². The third-order valence-corrected chi connectivity index (χ3v) is 2.75. The van der Waals surface area contributed by atoms with Gasteiger partial charge in [0.15, 0.2) is 5.82 Å². The van der Waals surface area contributed by atoms with Crippen molar-refractivity contribution in [3.63, 3.8) is 0 Å². The molecule has 0 aliphatic carbocycles. The monoisotopic (exact) mass is 254 g/mol. The van der Waals surface area contributed by atoms with E-state index in [9.17, 15) is 5.11 Å². The predicted molar refractivity (Wildman–Crippen MR) is 73.7 cm³/mol. The Labute approximate surface area is 111 Å². The first-order chi connectivity index (χ1) is 9.20. The van der Waals surface area contributed by atoms with E-state index in [1.165, 1.54) is 0 Å². The smallest absolute Gasteiger partial charge is 0.150 e. The maximum Gasteiger partial charge on any atom is 0.150 e. The summed E-state index contributed by atoms with van der Waals surface area (Å²) in [4.78, 5) is 4.10. The Kier molecular flexibility index (Phi) is 3.84. The maximum atomic E-state index is 9.18. The highest BCUT2D eigenvalue weighted by Gasteiger charge is 2.05. The molecular formula is C14H14N4O. The summed E-state index contributed by atoms with van der Waals surface area (Å²) in [5.41, 5.74) is 7.70. The van der Waals surface area contributed by atoms with Crippen molar-refractivity contribution in [1.29, 1.82) is 5.26 Å². The minimum atomic E-state index is 0.254. The van der Waals surface area contributed by atoms with Gasteiger partial charge in [-0.05, 0) is 30.2 Å². The minimum absolute atomic E-state index is 0.254. The van der Waals surface area contributed by atoms with Gasteiger partial charge in [-0.3, -0.25) is 0 Å². The fourth-order valence-corrected chi connectivity index (χ4v) is 1.70. The molecule has 0 atom stereocenters. The van der Waals surface area contributed by atoms with Gasteiger partial charge in [0.05, 0.1) is 11.3 Å². The first-order valence-electron chi connectivity index (χ1n) is 5.87. The molecule has 0 bridgehead atoms. The van der Waals surface area contributed by atoms with Gasteiger partial charge in [0.1, 0.15) is 11.8 Å². The first kappa shape index (κ1) is 12.7. The molecule has 0 radical (unpaired) electrons. The Morgan fingerprint density at radius 3 is 2.68 bits per heavy atom. The quantitative estimate of drug-likeness (QED) is 0.774.